The molecule has 0 fully saturated rings. The number of nitrogens with one attached hydrogen (secondary N) is 2. The van der Waals surface area contributed by atoms with Crippen LogP contribution in [0.25, 0.3) is 5.95 Å². The molecule has 2 N–H and O–H groups in total. The van der Waals surface area contributed by atoms with Crippen LogP contribution in [0, 0.1) is 0 Å². The molecule has 0 aliphatic carbocycles. The summed E-state index contributed by atoms with van der Waals surface area (Å²) >= 11 is 0. The van der Waals surface area contributed by atoms with Gasteiger partial charge in [0.25, 0.3) is 0 Å². The van der Waals surface area contributed by atoms with E-state index in [1.54, 1.807) is 23.3 Å². The summed E-state index contributed by atoms with van der Waals surface area (Å²) in [5.41, 5.74) is 1.80. The quantitative estimate of drug-likeness (QED) is 0.583. The Labute approximate surface area is 144 Å². The second-order valence-electron chi connectivity index (χ2n) is 5.23. The number of hydrogen-bond acceptors (Lipinski definition) is 6. The molecule has 4 rings (SSSR count). The number of anilines is 4. The zero-order valence-electron chi connectivity index (χ0n) is 13.2. The van der Waals surface area contributed by atoms with Gasteiger partial charge >= 0.3 is 0 Å². The summed E-state index contributed by atoms with van der Waals surface area (Å²) in [4.78, 5) is 17.4. The van der Waals surface area contributed by atoms with E-state index in [2.05, 4.69) is 30.6 Å². The molecule has 0 amide bonds. The molecule has 0 saturated carbocycles. The number of para-hydroxylation sites is 2. The van der Waals surface area contributed by atoms with Gasteiger partial charge in [-0.2, -0.15) is 15.0 Å². The molecule has 2 aromatic heterocycles. The lowest BCUT2D eigenvalue weighted by molar-refractivity contribution is 0.904. The molecule has 7 nitrogen and oxygen atoms in total. The van der Waals surface area contributed by atoms with E-state index in [9.17, 15) is 0 Å². The average molecular weight is 329 g/mol. The fourth-order valence-electron chi connectivity index (χ4n) is 2.27. The third kappa shape index (κ3) is 3.61. The second-order valence-corrected chi connectivity index (χ2v) is 5.23. The van der Waals surface area contributed by atoms with Crippen molar-refractivity contribution in [2.45, 2.75) is 0 Å². The Morgan fingerprint density at radius 1 is 0.680 bits per heavy atom. The van der Waals surface area contributed by atoms with Crippen LogP contribution in [0.2, 0.25) is 0 Å². The largest absolute Gasteiger partial charge is 0.324 e. The maximum atomic E-state index is 4.46. The first kappa shape index (κ1) is 14.8. The molecule has 0 spiro atoms. The van der Waals surface area contributed by atoms with Gasteiger partial charge in [0.15, 0.2) is 0 Å². The van der Waals surface area contributed by atoms with Crippen LogP contribution in [0.15, 0.2) is 79.4 Å². The standard InChI is InChI=1S/C18H15N7/c1-3-7-14(8-4-1)20-16-22-17(21-15-9-5-2-6-10-15)24-18(23-16)25-12-11-19-13-25/h1-13H,(H2,20,21,22,23,24). The number of rotatable bonds is 5. The summed E-state index contributed by atoms with van der Waals surface area (Å²) in [5.74, 6) is 1.37. The molecule has 25 heavy (non-hydrogen) atoms. The zero-order chi connectivity index (χ0) is 16.9. The number of nitrogens with zero attached hydrogens (tertiary/aromatic N) is 5. The fourth-order valence-corrected chi connectivity index (χ4v) is 2.27. The van der Waals surface area contributed by atoms with Crippen LogP contribution in [0.4, 0.5) is 23.3 Å². The highest BCUT2D eigenvalue weighted by atomic mass is 15.3. The highest BCUT2D eigenvalue weighted by Crippen LogP contribution is 2.18. The predicted molar refractivity (Wildman–Crippen MR) is 96.4 cm³/mol. The molecule has 2 aromatic carbocycles. The SMILES string of the molecule is c1ccc(Nc2nc(Nc3ccccc3)nc(-n3ccnc3)n2)cc1. The van der Waals surface area contributed by atoms with Gasteiger partial charge in [0.1, 0.15) is 6.33 Å². The van der Waals surface area contributed by atoms with Gasteiger partial charge < -0.3 is 10.6 Å². The molecule has 2 heterocycles. The topological polar surface area (TPSA) is 80.5 Å². The lowest BCUT2D eigenvalue weighted by atomic mass is 10.3. The van der Waals surface area contributed by atoms with Crippen molar-refractivity contribution in [3.8, 4) is 5.95 Å². The van der Waals surface area contributed by atoms with Gasteiger partial charge in [-0.3, -0.25) is 4.57 Å². The van der Waals surface area contributed by atoms with E-state index < -0.39 is 0 Å². The summed E-state index contributed by atoms with van der Waals surface area (Å²) in [5, 5.41) is 6.39. The number of benzene rings is 2. The zero-order valence-corrected chi connectivity index (χ0v) is 13.2. The van der Waals surface area contributed by atoms with Crippen LogP contribution in [0.3, 0.4) is 0 Å². The molecule has 0 radical (unpaired) electrons. The van der Waals surface area contributed by atoms with Gasteiger partial charge in [-0.1, -0.05) is 36.4 Å². The predicted octanol–water partition coefficient (Wildman–Crippen LogP) is 3.54. The van der Waals surface area contributed by atoms with Crippen molar-refractivity contribution < 1.29 is 0 Å². The van der Waals surface area contributed by atoms with Crippen molar-refractivity contribution in [3.05, 3.63) is 79.4 Å². The Kier molecular flexibility index (Phi) is 4.03. The summed E-state index contributed by atoms with van der Waals surface area (Å²) in [6, 6.07) is 19.5. The number of hydrogen-bond donors (Lipinski definition) is 2. The Morgan fingerprint density at radius 2 is 1.24 bits per heavy atom. The highest BCUT2D eigenvalue weighted by molar-refractivity contribution is 5.58. The average Bonchev–Trinajstić information content (AvgIpc) is 3.18. The van der Waals surface area contributed by atoms with E-state index in [1.807, 2.05) is 60.7 Å². The van der Waals surface area contributed by atoms with Gasteiger partial charge in [-0.05, 0) is 24.3 Å². The second kappa shape index (κ2) is 6.79. The highest BCUT2D eigenvalue weighted by Gasteiger charge is 2.09. The minimum Gasteiger partial charge on any atom is -0.324 e. The van der Waals surface area contributed by atoms with Crippen molar-refractivity contribution in [2.75, 3.05) is 10.6 Å². The summed E-state index contributed by atoms with van der Waals surface area (Å²) in [6.45, 7) is 0. The summed E-state index contributed by atoms with van der Waals surface area (Å²) in [7, 11) is 0. The third-order valence-electron chi connectivity index (χ3n) is 3.42. The molecule has 0 unspecified atom stereocenters. The normalized spacial score (nSPS) is 10.4. The van der Waals surface area contributed by atoms with E-state index in [0.29, 0.717) is 17.8 Å². The van der Waals surface area contributed by atoms with Gasteiger partial charge in [0.2, 0.25) is 17.8 Å². The van der Waals surface area contributed by atoms with Crippen LogP contribution in [-0.4, -0.2) is 24.5 Å². The monoisotopic (exact) mass is 329 g/mol. The molecule has 0 aliphatic heterocycles. The number of aromatic nitrogens is 5. The minimum atomic E-state index is 0.448. The number of imidazole rings is 1. The van der Waals surface area contributed by atoms with E-state index in [-0.39, 0.29) is 0 Å². The molecule has 0 atom stereocenters. The van der Waals surface area contributed by atoms with E-state index in [1.165, 1.54) is 0 Å². The third-order valence-corrected chi connectivity index (χ3v) is 3.42. The van der Waals surface area contributed by atoms with Crippen molar-refractivity contribution in [3.63, 3.8) is 0 Å². The van der Waals surface area contributed by atoms with Gasteiger partial charge in [-0.15, -0.1) is 0 Å². The van der Waals surface area contributed by atoms with Crippen molar-refractivity contribution in [1.29, 1.82) is 0 Å². The van der Waals surface area contributed by atoms with Crippen molar-refractivity contribution in [1.82, 2.24) is 24.5 Å². The lowest BCUT2D eigenvalue weighted by Crippen LogP contribution is -2.08. The van der Waals surface area contributed by atoms with Crippen LogP contribution >= 0.6 is 0 Å². The van der Waals surface area contributed by atoms with E-state index in [4.69, 9.17) is 0 Å². The fraction of sp³-hybridized carbons (Fsp3) is 0. The van der Waals surface area contributed by atoms with Crippen LogP contribution < -0.4 is 10.6 Å². The molecule has 122 valence electrons. The molecule has 4 aromatic rings. The molecule has 7 heteroatoms. The molecular weight excluding hydrogens is 314 g/mol. The van der Waals surface area contributed by atoms with E-state index >= 15 is 0 Å². The smallest absolute Gasteiger partial charge is 0.241 e. The Bertz CT molecular complexity index is 878. The summed E-state index contributed by atoms with van der Waals surface area (Å²) < 4.78 is 1.73. The molecular formula is C18H15N7. The molecule has 0 aliphatic rings. The van der Waals surface area contributed by atoms with Crippen molar-refractivity contribution in [2.24, 2.45) is 0 Å². The van der Waals surface area contributed by atoms with Gasteiger partial charge in [-0.25, -0.2) is 4.98 Å². The summed E-state index contributed by atoms with van der Waals surface area (Å²) in [6.07, 6.45) is 5.11. The maximum Gasteiger partial charge on any atom is 0.241 e. The van der Waals surface area contributed by atoms with Gasteiger partial charge in [0, 0.05) is 23.8 Å². The van der Waals surface area contributed by atoms with Crippen LogP contribution in [0.5, 0.6) is 0 Å². The van der Waals surface area contributed by atoms with Crippen LogP contribution in [-0.2, 0) is 0 Å². The molecule has 0 bridgehead atoms. The van der Waals surface area contributed by atoms with E-state index in [0.717, 1.165) is 11.4 Å². The maximum absolute atomic E-state index is 4.46. The lowest BCUT2D eigenvalue weighted by Gasteiger charge is -2.10. The first-order chi connectivity index (χ1) is 12.4. The Hall–Kier alpha value is -3.74. The van der Waals surface area contributed by atoms with Gasteiger partial charge in [0.05, 0.1) is 0 Å². The Morgan fingerprint density at radius 3 is 1.72 bits per heavy atom. The van der Waals surface area contributed by atoms with Crippen LogP contribution in [0.1, 0.15) is 0 Å². The first-order valence-electron chi connectivity index (χ1n) is 7.75. The molecule has 0 saturated heterocycles. The van der Waals surface area contributed by atoms with Crippen molar-refractivity contribution >= 4 is 23.3 Å². The Balaban J connectivity index is 1.70. The first-order valence-corrected chi connectivity index (χ1v) is 7.75. The minimum absolute atomic E-state index is 0.448.